The van der Waals surface area contributed by atoms with Gasteiger partial charge in [-0.1, -0.05) is 12.7 Å². The monoisotopic (exact) mass is 112 g/mol. The molecule has 0 aromatic rings. The van der Waals surface area contributed by atoms with Gasteiger partial charge in [-0.25, -0.2) is 0 Å². The lowest BCUT2D eigenvalue weighted by atomic mass is 10.3. The van der Waals surface area contributed by atoms with Gasteiger partial charge in [0.25, 0.3) is 0 Å². The summed E-state index contributed by atoms with van der Waals surface area (Å²) in [7, 11) is 0. The van der Waals surface area contributed by atoms with E-state index in [0.717, 1.165) is 0 Å². The van der Waals surface area contributed by atoms with Crippen molar-refractivity contribution in [3.05, 3.63) is 24.0 Å². The number of hydrogen-bond acceptors (Lipinski definition) is 2. The van der Waals surface area contributed by atoms with E-state index in [4.69, 9.17) is 5.11 Å². The van der Waals surface area contributed by atoms with Crippen LogP contribution < -0.4 is 0 Å². The molecule has 0 atom stereocenters. The van der Waals surface area contributed by atoms with Gasteiger partial charge in [0.15, 0.2) is 12.0 Å². The van der Waals surface area contributed by atoms with Crippen LogP contribution in [0.15, 0.2) is 24.0 Å². The lowest BCUT2D eigenvalue weighted by molar-refractivity contribution is -0.107. The number of hydrogen-bond donors (Lipinski definition) is 1. The molecule has 0 saturated carbocycles. The summed E-state index contributed by atoms with van der Waals surface area (Å²) in [6.45, 7) is 4.96. The smallest absolute Gasteiger partial charge is 0.184 e. The first kappa shape index (κ1) is 6.95. The molecule has 0 amide bonds. The number of aliphatic hydroxyl groups excluding tert-OH is 1. The van der Waals surface area contributed by atoms with Crippen molar-refractivity contribution in [2.45, 2.75) is 6.92 Å². The maximum absolute atomic E-state index is 9.75. The maximum Gasteiger partial charge on any atom is 0.184 e. The summed E-state index contributed by atoms with van der Waals surface area (Å²) in [5, 5.41) is 8.57. The van der Waals surface area contributed by atoms with Gasteiger partial charge in [-0.15, -0.1) is 0 Å². The molecule has 0 aliphatic heterocycles. The lowest BCUT2D eigenvalue weighted by Gasteiger charge is -1.88. The Morgan fingerprint density at radius 3 is 2.38 bits per heavy atom. The standard InChI is InChI=1S/C6H8O2/c1-3-5(2)6(8)4-7/h3-4,8H,1H2,2H3/b6-5-. The quantitative estimate of drug-likeness (QED) is 0.252. The third kappa shape index (κ3) is 1.60. The predicted octanol–water partition coefficient (Wildman–Crippen LogP) is 1.20. The molecule has 0 saturated heterocycles. The Morgan fingerprint density at radius 2 is 2.25 bits per heavy atom. The summed E-state index contributed by atoms with van der Waals surface area (Å²) in [6, 6.07) is 0. The van der Waals surface area contributed by atoms with E-state index in [1.54, 1.807) is 6.92 Å². The highest BCUT2D eigenvalue weighted by molar-refractivity contribution is 5.71. The molecule has 2 heteroatoms. The largest absolute Gasteiger partial charge is 0.504 e. The highest BCUT2D eigenvalue weighted by Crippen LogP contribution is 1.96. The highest BCUT2D eigenvalue weighted by Gasteiger charge is 1.89. The predicted molar refractivity (Wildman–Crippen MR) is 31.6 cm³/mol. The Morgan fingerprint density at radius 1 is 1.75 bits per heavy atom. The molecule has 0 aromatic carbocycles. The second-order valence-corrected chi connectivity index (χ2v) is 1.39. The molecule has 1 N–H and O–H groups in total. The minimum Gasteiger partial charge on any atom is -0.504 e. The van der Waals surface area contributed by atoms with Crippen molar-refractivity contribution in [3.8, 4) is 0 Å². The van der Waals surface area contributed by atoms with Crippen molar-refractivity contribution in [1.82, 2.24) is 0 Å². The van der Waals surface area contributed by atoms with Gasteiger partial charge in [-0.3, -0.25) is 4.79 Å². The Labute approximate surface area is 48.1 Å². The summed E-state index contributed by atoms with van der Waals surface area (Å²) in [5.41, 5.74) is 0.500. The van der Waals surface area contributed by atoms with Crippen LogP contribution in [0, 0.1) is 0 Å². The van der Waals surface area contributed by atoms with Crippen LogP contribution in [0.3, 0.4) is 0 Å². The van der Waals surface area contributed by atoms with Crippen molar-refractivity contribution in [2.75, 3.05) is 0 Å². The molecule has 0 spiro atoms. The molecule has 8 heavy (non-hydrogen) atoms. The molecular formula is C6H8O2. The number of carbonyl (C=O) groups excluding carboxylic acids is 1. The SMILES string of the molecule is C=C/C(C)=C(\O)C=O. The van der Waals surface area contributed by atoms with Gasteiger partial charge in [0, 0.05) is 0 Å². The van der Waals surface area contributed by atoms with Crippen LogP contribution in [0.4, 0.5) is 0 Å². The average molecular weight is 112 g/mol. The first-order valence-corrected chi connectivity index (χ1v) is 2.19. The van der Waals surface area contributed by atoms with Gasteiger partial charge in [0.2, 0.25) is 0 Å². The average Bonchev–Trinajstić information content (AvgIpc) is 1.84. The van der Waals surface area contributed by atoms with Gasteiger partial charge in [0.1, 0.15) is 0 Å². The van der Waals surface area contributed by atoms with Gasteiger partial charge in [-0.2, -0.15) is 0 Å². The topological polar surface area (TPSA) is 37.3 Å². The maximum atomic E-state index is 9.75. The van der Waals surface area contributed by atoms with Crippen molar-refractivity contribution in [3.63, 3.8) is 0 Å². The van der Waals surface area contributed by atoms with Crippen LogP contribution >= 0.6 is 0 Å². The molecule has 2 nitrogen and oxygen atoms in total. The molecule has 0 aromatic heterocycles. The van der Waals surface area contributed by atoms with E-state index in [1.807, 2.05) is 0 Å². The molecule has 0 aliphatic rings. The molecule has 0 radical (unpaired) electrons. The van der Waals surface area contributed by atoms with Crippen molar-refractivity contribution in [2.24, 2.45) is 0 Å². The van der Waals surface area contributed by atoms with Gasteiger partial charge in [0.05, 0.1) is 0 Å². The summed E-state index contributed by atoms with van der Waals surface area (Å²) < 4.78 is 0. The molecule has 0 bridgehead atoms. The molecule has 0 unspecified atom stereocenters. The fraction of sp³-hybridized carbons (Fsp3) is 0.167. The second kappa shape index (κ2) is 3.02. The van der Waals surface area contributed by atoms with Crippen LogP contribution in [0.1, 0.15) is 6.92 Å². The van der Waals surface area contributed by atoms with Crippen molar-refractivity contribution in [1.29, 1.82) is 0 Å². The number of carbonyl (C=O) groups is 1. The van der Waals surface area contributed by atoms with Gasteiger partial charge >= 0.3 is 0 Å². The Hall–Kier alpha value is -1.05. The van der Waals surface area contributed by atoms with Crippen LogP contribution in [0.25, 0.3) is 0 Å². The summed E-state index contributed by atoms with van der Waals surface area (Å²) in [4.78, 5) is 9.75. The number of allylic oxidation sites excluding steroid dienone is 3. The molecular weight excluding hydrogens is 104 g/mol. The minimum atomic E-state index is -0.250. The molecule has 0 heterocycles. The normalized spacial score (nSPS) is 12.1. The fourth-order valence-electron chi connectivity index (χ4n) is 0.198. The van der Waals surface area contributed by atoms with E-state index in [-0.39, 0.29) is 5.76 Å². The third-order valence-electron chi connectivity index (χ3n) is 0.822. The minimum absolute atomic E-state index is 0.250. The van der Waals surface area contributed by atoms with E-state index in [1.165, 1.54) is 6.08 Å². The van der Waals surface area contributed by atoms with Crippen molar-refractivity contribution >= 4 is 6.29 Å². The Balaban J connectivity index is 4.25. The zero-order valence-corrected chi connectivity index (χ0v) is 4.72. The fourth-order valence-corrected chi connectivity index (χ4v) is 0.198. The number of aldehydes is 1. The first-order chi connectivity index (χ1) is 3.72. The number of rotatable bonds is 2. The van der Waals surface area contributed by atoms with E-state index in [2.05, 4.69) is 6.58 Å². The Bertz CT molecular complexity index is 117. The zero-order valence-electron chi connectivity index (χ0n) is 4.72. The van der Waals surface area contributed by atoms with Crippen LogP contribution in [-0.2, 0) is 4.79 Å². The van der Waals surface area contributed by atoms with E-state index in [9.17, 15) is 4.79 Å². The van der Waals surface area contributed by atoms with Crippen molar-refractivity contribution < 1.29 is 9.90 Å². The molecule has 0 aliphatic carbocycles. The second-order valence-electron chi connectivity index (χ2n) is 1.39. The summed E-state index contributed by atoms with van der Waals surface area (Å²) in [5.74, 6) is -0.250. The zero-order chi connectivity index (χ0) is 6.57. The molecule has 44 valence electrons. The lowest BCUT2D eigenvalue weighted by Crippen LogP contribution is -1.83. The van der Waals surface area contributed by atoms with E-state index < -0.39 is 0 Å². The summed E-state index contributed by atoms with van der Waals surface area (Å²) in [6.07, 6.45) is 1.81. The van der Waals surface area contributed by atoms with E-state index in [0.29, 0.717) is 11.9 Å². The highest BCUT2D eigenvalue weighted by atomic mass is 16.3. The van der Waals surface area contributed by atoms with Crippen LogP contribution in [-0.4, -0.2) is 11.4 Å². The Kier molecular flexibility index (Phi) is 2.62. The third-order valence-corrected chi connectivity index (χ3v) is 0.822. The van der Waals surface area contributed by atoms with Crippen LogP contribution in [0.2, 0.25) is 0 Å². The molecule has 0 fully saturated rings. The van der Waals surface area contributed by atoms with Gasteiger partial charge < -0.3 is 5.11 Å². The van der Waals surface area contributed by atoms with Gasteiger partial charge in [-0.05, 0) is 12.5 Å². The van der Waals surface area contributed by atoms with Crippen LogP contribution in [0.5, 0.6) is 0 Å². The summed E-state index contributed by atoms with van der Waals surface area (Å²) >= 11 is 0. The first-order valence-electron chi connectivity index (χ1n) is 2.19. The van der Waals surface area contributed by atoms with E-state index >= 15 is 0 Å². The number of aliphatic hydroxyl groups is 1. The molecule has 0 rings (SSSR count).